The summed E-state index contributed by atoms with van der Waals surface area (Å²) in [6, 6.07) is 7.97. The summed E-state index contributed by atoms with van der Waals surface area (Å²) in [5, 5.41) is 0.788. The van der Waals surface area contributed by atoms with Gasteiger partial charge in [0.05, 0.1) is 0 Å². The van der Waals surface area contributed by atoms with Gasteiger partial charge in [-0.15, -0.1) is 0 Å². The second-order valence-electron chi connectivity index (χ2n) is 3.73. The monoisotopic (exact) mass is 289 g/mol. The van der Waals surface area contributed by atoms with Crippen molar-refractivity contribution in [1.82, 2.24) is 0 Å². The molecule has 0 aliphatic carbocycles. The zero-order valence-corrected chi connectivity index (χ0v) is 11.5. The summed E-state index contributed by atoms with van der Waals surface area (Å²) >= 11 is 6.16. The molecule has 82 valence electrons. The van der Waals surface area contributed by atoms with Crippen LogP contribution in [0, 0.1) is 0 Å². The number of halogens is 1. The number of hydrogen-bond donors (Lipinski definition) is 1. The SMILES string of the molecule is CCC(C)(N)/C=C/[Se]c1ccc(Cl)cc1. The van der Waals surface area contributed by atoms with Crippen molar-refractivity contribution in [3.8, 4) is 0 Å². The molecule has 0 bridgehead atoms. The van der Waals surface area contributed by atoms with Crippen molar-refractivity contribution in [2.24, 2.45) is 5.73 Å². The van der Waals surface area contributed by atoms with Crippen molar-refractivity contribution in [1.29, 1.82) is 0 Å². The Kier molecular flexibility index (Phi) is 4.88. The van der Waals surface area contributed by atoms with Gasteiger partial charge in [-0.05, 0) is 0 Å². The Labute approximate surface area is 103 Å². The van der Waals surface area contributed by atoms with Gasteiger partial charge >= 0.3 is 103 Å². The van der Waals surface area contributed by atoms with Crippen LogP contribution in [0.5, 0.6) is 0 Å². The summed E-state index contributed by atoms with van der Waals surface area (Å²) in [6.45, 7) is 4.14. The Morgan fingerprint density at radius 3 is 2.53 bits per heavy atom. The molecule has 1 nitrogen and oxygen atoms in total. The molecule has 0 aliphatic rings. The van der Waals surface area contributed by atoms with Gasteiger partial charge in [0.2, 0.25) is 0 Å². The first-order valence-corrected chi connectivity index (χ1v) is 7.15. The molecule has 1 rings (SSSR count). The minimum atomic E-state index is -0.172. The molecule has 3 heteroatoms. The van der Waals surface area contributed by atoms with Gasteiger partial charge in [0.1, 0.15) is 0 Å². The Morgan fingerprint density at radius 2 is 2.00 bits per heavy atom. The quantitative estimate of drug-likeness (QED) is 0.846. The van der Waals surface area contributed by atoms with Crippen molar-refractivity contribution in [2.45, 2.75) is 25.8 Å². The second kappa shape index (κ2) is 5.72. The molecule has 0 saturated heterocycles. The van der Waals surface area contributed by atoms with Gasteiger partial charge in [0.25, 0.3) is 0 Å². The van der Waals surface area contributed by atoms with Crippen LogP contribution in [0.1, 0.15) is 20.3 Å². The first-order chi connectivity index (χ1) is 7.03. The predicted octanol–water partition coefficient (Wildman–Crippen LogP) is 2.31. The van der Waals surface area contributed by atoms with Gasteiger partial charge in [-0.2, -0.15) is 0 Å². The van der Waals surface area contributed by atoms with Gasteiger partial charge < -0.3 is 0 Å². The third-order valence-electron chi connectivity index (χ3n) is 2.23. The molecule has 0 heterocycles. The van der Waals surface area contributed by atoms with E-state index in [0.717, 1.165) is 11.4 Å². The normalized spacial score (nSPS) is 15.5. The molecule has 0 amide bonds. The molecule has 0 spiro atoms. The molecule has 1 atom stereocenters. The van der Waals surface area contributed by atoms with Crippen LogP contribution in [0.15, 0.2) is 35.3 Å². The van der Waals surface area contributed by atoms with E-state index in [1.165, 1.54) is 4.46 Å². The molecule has 0 aromatic heterocycles. The zero-order chi connectivity index (χ0) is 11.3. The average Bonchev–Trinajstić information content (AvgIpc) is 2.21. The Hall–Kier alpha value is -0.271. The van der Waals surface area contributed by atoms with Crippen LogP contribution in [-0.4, -0.2) is 20.5 Å². The van der Waals surface area contributed by atoms with Gasteiger partial charge in [-0.1, -0.05) is 0 Å². The molecular formula is C12H16ClNSe. The van der Waals surface area contributed by atoms with Gasteiger partial charge in [0.15, 0.2) is 0 Å². The Balaban J connectivity index is 2.54. The molecule has 1 aromatic rings. The molecule has 0 saturated carbocycles. The minimum absolute atomic E-state index is 0.172. The molecular weight excluding hydrogens is 273 g/mol. The summed E-state index contributed by atoms with van der Waals surface area (Å²) in [4.78, 5) is 2.18. The van der Waals surface area contributed by atoms with Crippen molar-refractivity contribution < 1.29 is 0 Å². The van der Waals surface area contributed by atoms with Crippen molar-refractivity contribution in [3.05, 3.63) is 40.3 Å². The standard InChI is InChI=1S/C12H16ClNSe/c1-3-12(2,14)8-9-15-11-6-4-10(13)5-7-11/h4-9H,3,14H2,1-2H3/b9-8+. The van der Waals surface area contributed by atoms with Gasteiger partial charge in [-0.25, -0.2) is 0 Å². The summed E-state index contributed by atoms with van der Waals surface area (Å²) < 4.78 is 1.31. The average molecular weight is 289 g/mol. The number of hydrogen-bond acceptors (Lipinski definition) is 1. The second-order valence-corrected chi connectivity index (χ2v) is 6.22. The summed E-state index contributed by atoms with van der Waals surface area (Å²) in [5.74, 6) is 0. The molecule has 1 unspecified atom stereocenters. The van der Waals surface area contributed by atoms with Crippen LogP contribution in [0.3, 0.4) is 0 Å². The fraction of sp³-hybridized carbons (Fsp3) is 0.333. The van der Waals surface area contributed by atoms with Gasteiger partial charge in [-0.3, -0.25) is 0 Å². The third kappa shape index (κ3) is 4.85. The first kappa shape index (κ1) is 12.8. The Bertz CT molecular complexity index is 330. The molecule has 15 heavy (non-hydrogen) atoms. The van der Waals surface area contributed by atoms with Crippen molar-refractivity contribution >= 4 is 31.0 Å². The van der Waals surface area contributed by atoms with Crippen molar-refractivity contribution in [2.75, 3.05) is 0 Å². The zero-order valence-electron chi connectivity index (χ0n) is 9.03. The fourth-order valence-electron chi connectivity index (χ4n) is 0.899. The van der Waals surface area contributed by atoms with Crippen molar-refractivity contribution in [3.63, 3.8) is 0 Å². The molecule has 0 fully saturated rings. The van der Waals surface area contributed by atoms with Crippen LogP contribution >= 0.6 is 11.6 Å². The Morgan fingerprint density at radius 1 is 1.40 bits per heavy atom. The molecule has 2 N–H and O–H groups in total. The number of nitrogens with two attached hydrogens (primary N) is 1. The topological polar surface area (TPSA) is 26.0 Å². The number of rotatable bonds is 4. The summed E-state index contributed by atoms with van der Waals surface area (Å²) in [5.41, 5.74) is 5.83. The summed E-state index contributed by atoms with van der Waals surface area (Å²) in [7, 11) is 0. The van der Waals surface area contributed by atoms with E-state index < -0.39 is 0 Å². The van der Waals surface area contributed by atoms with E-state index >= 15 is 0 Å². The predicted molar refractivity (Wildman–Crippen MR) is 68.9 cm³/mol. The van der Waals surface area contributed by atoms with E-state index in [4.69, 9.17) is 17.3 Å². The van der Waals surface area contributed by atoms with Crippen LogP contribution in [0.2, 0.25) is 5.02 Å². The van der Waals surface area contributed by atoms with E-state index in [0.29, 0.717) is 15.0 Å². The number of benzene rings is 1. The van der Waals surface area contributed by atoms with E-state index in [2.05, 4.69) is 30.1 Å². The van der Waals surface area contributed by atoms with Gasteiger partial charge in [0, 0.05) is 0 Å². The van der Waals surface area contributed by atoms with Crippen LogP contribution in [0.4, 0.5) is 0 Å². The maximum atomic E-state index is 6.01. The van der Waals surface area contributed by atoms with Crippen LogP contribution in [0.25, 0.3) is 0 Å². The maximum absolute atomic E-state index is 6.01. The molecule has 0 aliphatic heterocycles. The van der Waals surface area contributed by atoms with E-state index in [1.54, 1.807) is 0 Å². The van der Waals surface area contributed by atoms with Crippen LogP contribution in [-0.2, 0) is 0 Å². The first-order valence-electron chi connectivity index (χ1n) is 4.92. The van der Waals surface area contributed by atoms with E-state index in [1.807, 2.05) is 19.1 Å². The third-order valence-corrected chi connectivity index (χ3v) is 4.19. The van der Waals surface area contributed by atoms with Crippen LogP contribution < -0.4 is 10.2 Å². The summed E-state index contributed by atoms with van der Waals surface area (Å²) in [6.07, 6.45) is 3.06. The molecule has 1 aromatic carbocycles. The molecule has 0 radical (unpaired) electrons. The van der Waals surface area contributed by atoms with E-state index in [-0.39, 0.29) is 5.54 Å². The fourth-order valence-corrected chi connectivity index (χ4v) is 2.76. The van der Waals surface area contributed by atoms with E-state index in [9.17, 15) is 0 Å².